The first-order chi connectivity index (χ1) is 13.1. The standard InChI is InChI=1S/C23H48O4/c1-7-12-14-21(9-3)18-24-26-20(6)16-17-23(11-5)27-25-19-22(10-4)15-13-8-2/h20-23H,7-19H2,1-6H3. The first-order valence-corrected chi connectivity index (χ1v) is 11.7. The zero-order chi connectivity index (χ0) is 20.3. The average Bonchev–Trinajstić information content (AvgIpc) is 2.69. The van der Waals surface area contributed by atoms with Gasteiger partial charge < -0.3 is 0 Å². The van der Waals surface area contributed by atoms with Gasteiger partial charge >= 0.3 is 0 Å². The Bertz CT molecular complexity index is 298. The van der Waals surface area contributed by atoms with Gasteiger partial charge in [0.2, 0.25) is 0 Å². The van der Waals surface area contributed by atoms with Crippen molar-refractivity contribution in [2.24, 2.45) is 11.8 Å². The summed E-state index contributed by atoms with van der Waals surface area (Å²) in [6.45, 7) is 14.5. The second-order valence-corrected chi connectivity index (χ2v) is 8.01. The van der Waals surface area contributed by atoms with Crippen molar-refractivity contribution in [1.29, 1.82) is 0 Å². The molecule has 0 aromatic heterocycles. The van der Waals surface area contributed by atoms with Crippen LogP contribution in [0.5, 0.6) is 0 Å². The van der Waals surface area contributed by atoms with E-state index in [1.165, 1.54) is 38.5 Å². The van der Waals surface area contributed by atoms with Crippen LogP contribution in [0, 0.1) is 11.8 Å². The van der Waals surface area contributed by atoms with Crippen molar-refractivity contribution in [2.45, 2.75) is 124 Å². The van der Waals surface area contributed by atoms with Gasteiger partial charge in [-0.2, -0.15) is 0 Å². The minimum absolute atomic E-state index is 0.0827. The Balaban J connectivity index is 3.88. The Labute approximate surface area is 169 Å². The van der Waals surface area contributed by atoms with E-state index < -0.39 is 0 Å². The summed E-state index contributed by atoms with van der Waals surface area (Å²) >= 11 is 0. The summed E-state index contributed by atoms with van der Waals surface area (Å²) in [5.41, 5.74) is 0. The van der Waals surface area contributed by atoms with Crippen LogP contribution in [0.2, 0.25) is 0 Å². The molecule has 0 N–H and O–H groups in total. The summed E-state index contributed by atoms with van der Waals surface area (Å²) < 4.78 is 0. The van der Waals surface area contributed by atoms with Crippen molar-refractivity contribution in [3.63, 3.8) is 0 Å². The lowest BCUT2D eigenvalue weighted by Gasteiger charge is -2.20. The largest absolute Gasteiger partial charge is 0.236 e. The maximum Gasteiger partial charge on any atom is 0.0928 e. The predicted octanol–water partition coefficient (Wildman–Crippen LogP) is 7.26. The molecular weight excluding hydrogens is 340 g/mol. The molecule has 0 rings (SSSR count). The Morgan fingerprint density at radius 2 is 1.11 bits per heavy atom. The highest BCUT2D eigenvalue weighted by Gasteiger charge is 2.14. The molecule has 0 saturated carbocycles. The molecular formula is C23H48O4. The molecule has 4 nitrogen and oxygen atoms in total. The zero-order valence-corrected chi connectivity index (χ0v) is 19.1. The van der Waals surface area contributed by atoms with Crippen LogP contribution in [-0.4, -0.2) is 25.4 Å². The predicted molar refractivity (Wildman–Crippen MR) is 113 cm³/mol. The van der Waals surface area contributed by atoms with Crippen LogP contribution in [-0.2, 0) is 19.6 Å². The molecule has 0 aromatic rings. The van der Waals surface area contributed by atoms with Gasteiger partial charge in [0.05, 0.1) is 25.4 Å². The van der Waals surface area contributed by atoms with Crippen molar-refractivity contribution < 1.29 is 19.6 Å². The van der Waals surface area contributed by atoms with E-state index in [9.17, 15) is 0 Å². The Morgan fingerprint density at radius 1 is 0.593 bits per heavy atom. The molecule has 27 heavy (non-hydrogen) atoms. The van der Waals surface area contributed by atoms with E-state index in [2.05, 4.69) is 41.5 Å². The highest BCUT2D eigenvalue weighted by Crippen LogP contribution is 2.17. The van der Waals surface area contributed by atoms with E-state index in [1.807, 2.05) is 0 Å². The van der Waals surface area contributed by atoms with Crippen molar-refractivity contribution in [1.82, 2.24) is 0 Å². The van der Waals surface area contributed by atoms with Crippen molar-refractivity contribution in [3.05, 3.63) is 0 Å². The second kappa shape index (κ2) is 19.2. The third-order valence-corrected chi connectivity index (χ3v) is 5.48. The van der Waals surface area contributed by atoms with Gasteiger partial charge in [-0.3, -0.25) is 0 Å². The summed E-state index contributed by atoms with van der Waals surface area (Å²) in [6, 6.07) is 0. The normalized spacial score (nSPS) is 16.2. The molecule has 0 amide bonds. The number of unbranched alkanes of at least 4 members (excludes halogenated alkanes) is 2. The minimum atomic E-state index is 0.0827. The molecule has 4 heteroatoms. The van der Waals surface area contributed by atoms with Crippen molar-refractivity contribution in [2.75, 3.05) is 13.2 Å². The third-order valence-electron chi connectivity index (χ3n) is 5.48. The fraction of sp³-hybridized carbons (Fsp3) is 1.00. The molecule has 4 atom stereocenters. The Hall–Kier alpha value is -0.160. The van der Waals surface area contributed by atoms with Gasteiger partial charge in [0.15, 0.2) is 0 Å². The van der Waals surface area contributed by atoms with Crippen LogP contribution < -0.4 is 0 Å². The van der Waals surface area contributed by atoms with Crippen LogP contribution >= 0.6 is 0 Å². The molecule has 0 bridgehead atoms. The minimum Gasteiger partial charge on any atom is -0.236 e. The SMILES string of the molecule is CCCCC(CC)COOC(C)CCC(CC)OOCC(CC)CCCC. The van der Waals surface area contributed by atoms with Gasteiger partial charge in [-0.1, -0.05) is 73.1 Å². The maximum absolute atomic E-state index is 5.66. The van der Waals surface area contributed by atoms with E-state index in [-0.39, 0.29) is 12.2 Å². The average molecular weight is 389 g/mol. The highest BCUT2D eigenvalue weighted by molar-refractivity contribution is 4.59. The van der Waals surface area contributed by atoms with E-state index >= 15 is 0 Å². The van der Waals surface area contributed by atoms with Crippen LogP contribution in [0.1, 0.15) is 112 Å². The lowest BCUT2D eigenvalue weighted by atomic mass is 10.0. The molecule has 0 aliphatic heterocycles. The molecule has 0 saturated heterocycles. The smallest absolute Gasteiger partial charge is 0.0928 e. The van der Waals surface area contributed by atoms with Crippen molar-refractivity contribution >= 4 is 0 Å². The van der Waals surface area contributed by atoms with Crippen LogP contribution in [0.4, 0.5) is 0 Å². The van der Waals surface area contributed by atoms with Crippen LogP contribution in [0.3, 0.4) is 0 Å². The van der Waals surface area contributed by atoms with Gasteiger partial charge in [-0.05, 0) is 50.9 Å². The van der Waals surface area contributed by atoms with Crippen LogP contribution in [0.25, 0.3) is 0 Å². The number of hydrogen-bond donors (Lipinski definition) is 0. The molecule has 0 aromatic carbocycles. The van der Waals surface area contributed by atoms with Gasteiger partial charge in [-0.15, -0.1) is 0 Å². The lowest BCUT2D eigenvalue weighted by Crippen LogP contribution is -2.20. The highest BCUT2D eigenvalue weighted by atomic mass is 17.2. The van der Waals surface area contributed by atoms with E-state index in [0.29, 0.717) is 25.0 Å². The van der Waals surface area contributed by atoms with E-state index in [4.69, 9.17) is 19.6 Å². The van der Waals surface area contributed by atoms with Gasteiger partial charge in [0.25, 0.3) is 0 Å². The molecule has 0 radical (unpaired) electrons. The summed E-state index contributed by atoms with van der Waals surface area (Å²) in [5, 5.41) is 0. The molecule has 0 aliphatic carbocycles. The summed E-state index contributed by atoms with van der Waals surface area (Å²) in [4.78, 5) is 22.3. The zero-order valence-electron chi connectivity index (χ0n) is 19.1. The topological polar surface area (TPSA) is 36.9 Å². The fourth-order valence-corrected chi connectivity index (χ4v) is 3.07. The van der Waals surface area contributed by atoms with Gasteiger partial charge in [-0.25, -0.2) is 19.6 Å². The quantitative estimate of drug-likeness (QED) is 0.162. The summed E-state index contributed by atoms with van der Waals surface area (Å²) in [5.74, 6) is 1.22. The Morgan fingerprint density at radius 3 is 1.56 bits per heavy atom. The summed E-state index contributed by atoms with van der Waals surface area (Å²) in [6.07, 6.45) is 12.8. The maximum atomic E-state index is 5.66. The second-order valence-electron chi connectivity index (χ2n) is 8.01. The Kier molecular flexibility index (Phi) is 19.1. The molecule has 164 valence electrons. The fourth-order valence-electron chi connectivity index (χ4n) is 3.07. The first kappa shape index (κ1) is 26.8. The third kappa shape index (κ3) is 15.4. The monoisotopic (exact) mass is 388 g/mol. The van der Waals surface area contributed by atoms with Gasteiger partial charge in [0, 0.05) is 0 Å². The van der Waals surface area contributed by atoms with Gasteiger partial charge in [0.1, 0.15) is 0 Å². The van der Waals surface area contributed by atoms with Crippen molar-refractivity contribution in [3.8, 4) is 0 Å². The molecule has 4 unspecified atom stereocenters. The molecule has 0 heterocycles. The molecule has 0 spiro atoms. The molecule has 0 fully saturated rings. The van der Waals surface area contributed by atoms with E-state index in [1.54, 1.807) is 0 Å². The number of hydrogen-bond acceptors (Lipinski definition) is 4. The summed E-state index contributed by atoms with van der Waals surface area (Å²) in [7, 11) is 0. The first-order valence-electron chi connectivity index (χ1n) is 11.7. The lowest BCUT2D eigenvalue weighted by molar-refractivity contribution is -0.341. The van der Waals surface area contributed by atoms with Crippen LogP contribution in [0.15, 0.2) is 0 Å². The van der Waals surface area contributed by atoms with E-state index in [0.717, 1.165) is 32.1 Å². The number of rotatable bonds is 20. The molecule has 0 aliphatic rings.